The summed E-state index contributed by atoms with van der Waals surface area (Å²) in [5.74, 6) is 0.412. The van der Waals surface area contributed by atoms with Crippen molar-refractivity contribution in [1.29, 1.82) is 0 Å². The number of anilines is 1. The van der Waals surface area contributed by atoms with E-state index < -0.39 is 0 Å². The number of rotatable bonds is 2. The molecule has 116 valence electrons. The number of guanidine groups is 1. The summed E-state index contributed by atoms with van der Waals surface area (Å²) in [6.07, 6.45) is 1.46. The van der Waals surface area contributed by atoms with Gasteiger partial charge in [-0.25, -0.2) is 0 Å². The third kappa shape index (κ3) is 3.09. The van der Waals surface area contributed by atoms with Crippen molar-refractivity contribution in [2.45, 2.75) is 0 Å². The first kappa shape index (κ1) is 16.4. The molecule has 1 aliphatic heterocycles. The van der Waals surface area contributed by atoms with E-state index in [4.69, 9.17) is 27.6 Å². The van der Waals surface area contributed by atoms with E-state index in [1.165, 1.54) is 11.2 Å². The minimum Gasteiger partial charge on any atom is -0.459 e. The van der Waals surface area contributed by atoms with E-state index in [0.717, 1.165) is 0 Å². The first-order chi connectivity index (χ1) is 10.2. The molecule has 1 aliphatic rings. The van der Waals surface area contributed by atoms with Gasteiger partial charge in [0, 0.05) is 6.54 Å². The molecular formula is C14H13Cl2N3O3. The Morgan fingerprint density at radius 2 is 1.95 bits per heavy atom. The van der Waals surface area contributed by atoms with E-state index in [0.29, 0.717) is 34.8 Å². The monoisotopic (exact) mass is 341 g/mol. The molecule has 22 heavy (non-hydrogen) atoms. The third-order valence-corrected chi connectivity index (χ3v) is 3.65. The molecule has 0 saturated heterocycles. The number of hydrogen-bond donors (Lipinski definition) is 1. The topological polar surface area (TPSA) is 89.3 Å². The van der Waals surface area contributed by atoms with Gasteiger partial charge in [0.05, 0.1) is 28.5 Å². The Kier molecular flexibility index (Phi) is 5.07. The van der Waals surface area contributed by atoms with E-state index in [-0.39, 0.29) is 17.1 Å². The average molecular weight is 342 g/mol. The molecule has 0 radical (unpaired) electrons. The van der Waals surface area contributed by atoms with Crippen LogP contribution in [0.1, 0.15) is 10.6 Å². The van der Waals surface area contributed by atoms with Gasteiger partial charge in [0.1, 0.15) is 0 Å². The zero-order chi connectivity index (χ0) is 14.8. The lowest BCUT2D eigenvalue weighted by molar-refractivity contribution is 0.0827. The predicted octanol–water partition coefficient (Wildman–Crippen LogP) is 2.69. The molecular weight excluding hydrogens is 329 g/mol. The highest BCUT2D eigenvalue weighted by Gasteiger charge is 2.27. The van der Waals surface area contributed by atoms with Crippen LogP contribution in [0.4, 0.5) is 5.69 Å². The summed E-state index contributed by atoms with van der Waals surface area (Å²) in [5, 5.41) is 3.94. The number of halogens is 2. The molecule has 0 bridgehead atoms. The number of benzene rings is 1. The smallest absolute Gasteiger partial charge is 0.296 e. The highest BCUT2D eigenvalue weighted by atomic mass is 35.5. The van der Waals surface area contributed by atoms with Gasteiger partial charge >= 0.3 is 0 Å². The fourth-order valence-electron chi connectivity index (χ4n) is 2.01. The normalized spacial score (nSPS) is 13.5. The lowest BCUT2D eigenvalue weighted by Gasteiger charge is -2.19. The van der Waals surface area contributed by atoms with Gasteiger partial charge < -0.3 is 15.2 Å². The maximum atomic E-state index is 12.3. The Balaban J connectivity index is 0.00000176. The number of hydrogen-bond acceptors (Lipinski definition) is 4. The number of aliphatic imine (C=N–C) groups is 1. The predicted molar refractivity (Wildman–Crippen MR) is 85.7 cm³/mol. The second-order valence-electron chi connectivity index (χ2n) is 4.36. The zero-order valence-electron chi connectivity index (χ0n) is 11.3. The molecule has 0 spiro atoms. The average Bonchev–Trinajstić information content (AvgIpc) is 3.13. The van der Waals surface area contributed by atoms with Crippen molar-refractivity contribution in [3.05, 3.63) is 52.4 Å². The molecule has 0 atom stereocenters. The molecule has 0 saturated carbocycles. The number of furan rings is 1. The van der Waals surface area contributed by atoms with E-state index >= 15 is 0 Å². The van der Waals surface area contributed by atoms with Crippen molar-refractivity contribution < 1.29 is 14.7 Å². The minimum absolute atomic E-state index is 0. The third-order valence-electron chi connectivity index (χ3n) is 3.02. The van der Waals surface area contributed by atoms with Gasteiger partial charge in [-0.15, -0.1) is 0 Å². The van der Waals surface area contributed by atoms with Crippen LogP contribution in [0.3, 0.4) is 0 Å². The van der Waals surface area contributed by atoms with Crippen LogP contribution in [0.25, 0.3) is 0 Å². The summed E-state index contributed by atoms with van der Waals surface area (Å²) in [6.45, 7) is 0.987. The van der Waals surface area contributed by atoms with Crippen LogP contribution in [0.2, 0.25) is 10.0 Å². The molecule has 2 heterocycles. The summed E-state index contributed by atoms with van der Waals surface area (Å²) in [7, 11) is 0. The van der Waals surface area contributed by atoms with E-state index in [1.54, 1.807) is 30.3 Å². The fraction of sp³-hybridized carbons (Fsp3) is 0.143. The van der Waals surface area contributed by atoms with Crippen LogP contribution in [0, 0.1) is 0 Å². The van der Waals surface area contributed by atoms with Gasteiger partial charge in [0.25, 0.3) is 5.91 Å². The van der Waals surface area contributed by atoms with Crippen molar-refractivity contribution in [1.82, 2.24) is 4.90 Å². The lowest BCUT2D eigenvalue weighted by Crippen LogP contribution is -2.38. The van der Waals surface area contributed by atoms with Crippen molar-refractivity contribution in [2.24, 2.45) is 4.99 Å². The number of para-hydroxylation sites is 1. The maximum absolute atomic E-state index is 12.3. The fourth-order valence-corrected chi connectivity index (χ4v) is 2.51. The van der Waals surface area contributed by atoms with Gasteiger partial charge in [-0.3, -0.25) is 14.7 Å². The van der Waals surface area contributed by atoms with Crippen LogP contribution in [-0.2, 0) is 0 Å². The zero-order valence-corrected chi connectivity index (χ0v) is 12.9. The Bertz CT molecular complexity index is 681. The molecule has 0 fully saturated rings. The summed E-state index contributed by atoms with van der Waals surface area (Å²) < 4.78 is 5.13. The van der Waals surface area contributed by atoms with E-state index in [1.807, 2.05) is 0 Å². The summed E-state index contributed by atoms with van der Waals surface area (Å²) in [5.41, 5.74) is 0.527. The molecule has 3 rings (SSSR count). The van der Waals surface area contributed by atoms with Gasteiger partial charge in [0.15, 0.2) is 5.76 Å². The number of amides is 1. The molecule has 3 N–H and O–H groups in total. The molecule has 0 unspecified atom stereocenters. The van der Waals surface area contributed by atoms with Crippen molar-refractivity contribution in [3.8, 4) is 0 Å². The molecule has 2 aromatic rings. The van der Waals surface area contributed by atoms with Crippen molar-refractivity contribution in [3.63, 3.8) is 0 Å². The molecule has 0 aliphatic carbocycles. The number of nitrogens with zero attached hydrogens (tertiary/aromatic N) is 2. The molecule has 1 aromatic heterocycles. The van der Waals surface area contributed by atoms with E-state index in [9.17, 15) is 4.79 Å². The quantitative estimate of drug-likeness (QED) is 0.910. The maximum Gasteiger partial charge on any atom is 0.296 e. The Labute approximate surface area is 136 Å². The number of nitrogens with one attached hydrogen (secondary N) is 1. The Morgan fingerprint density at radius 1 is 1.23 bits per heavy atom. The second kappa shape index (κ2) is 6.83. The Morgan fingerprint density at radius 3 is 2.59 bits per heavy atom. The molecule has 8 heteroatoms. The molecule has 1 aromatic carbocycles. The standard InChI is InChI=1S/C14H11Cl2N3O2.H2O/c15-9-3-1-4-10(16)12(9)18-14-17-6-7-19(14)13(20)11-5-2-8-21-11;/h1-5,8H,6-7H2,(H,17,18);1H2. The van der Waals surface area contributed by atoms with Crippen molar-refractivity contribution in [2.75, 3.05) is 18.4 Å². The lowest BCUT2D eigenvalue weighted by atomic mass is 10.3. The number of carbonyl (C=O) groups excluding carboxylic acids is 1. The molecule has 1 amide bonds. The highest BCUT2D eigenvalue weighted by molar-refractivity contribution is 6.39. The second-order valence-corrected chi connectivity index (χ2v) is 5.18. The largest absolute Gasteiger partial charge is 0.459 e. The summed E-state index contributed by atoms with van der Waals surface area (Å²) in [4.78, 5) is 18.1. The van der Waals surface area contributed by atoms with Crippen LogP contribution in [0.5, 0.6) is 0 Å². The van der Waals surface area contributed by atoms with Crippen molar-refractivity contribution >= 4 is 40.8 Å². The highest BCUT2D eigenvalue weighted by Crippen LogP contribution is 2.30. The SMILES string of the molecule is O.O=C(c1ccco1)N1CCN=C1Nc1c(Cl)cccc1Cl. The summed E-state index contributed by atoms with van der Waals surface area (Å²) in [6, 6.07) is 8.45. The van der Waals surface area contributed by atoms with Gasteiger partial charge in [-0.05, 0) is 24.3 Å². The summed E-state index contributed by atoms with van der Waals surface area (Å²) >= 11 is 12.2. The Hall–Kier alpha value is -2.02. The molecule has 6 nitrogen and oxygen atoms in total. The number of carbonyl (C=O) groups is 1. The first-order valence-corrected chi connectivity index (χ1v) is 7.03. The van der Waals surface area contributed by atoms with Gasteiger partial charge in [-0.2, -0.15) is 0 Å². The minimum atomic E-state index is -0.257. The van der Waals surface area contributed by atoms with Crippen LogP contribution >= 0.6 is 23.2 Å². The first-order valence-electron chi connectivity index (χ1n) is 6.27. The van der Waals surface area contributed by atoms with Crippen LogP contribution in [-0.4, -0.2) is 35.3 Å². The van der Waals surface area contributed by atoms with Gasteiger partial charge in [0.2, 0.25) is 5.96 Å². The van der Waals surface area contributed by atoms with E-state index in [2.05, 4.69) is 10.3 Å². The van der Waals surface area contributed by atoms with Crippen LogP contribution in [0.15, 0.2) is 46.0 Å². The van der Waals surface area contributed by atoms with Crippen LogP contribution < -0.4 is 5.32 Å². The van der Waals surface area contributed by atoms with Gasteiger partial charge in [-0.1, -0.05) is 29.3 Å².